The molecule has 0 atom stereocenters. The van der Waals surface area contributed by atoms with Crippen molar-refractivity contribution < 1.29 is 18.3 Å². The van der Waals surface area contributed by atoms with Crippen LogP contribution in [0.2, 0.25) is 0 Å². The molecule has 2 aromatic heterocycles. The Kier molecular flexibility index (Phi) is 3.13. The Labute approximate surface area is 158 Å². The topological polar surface area (TPSA) is 90.8 Å². The summed E-state index contributed by atoms with van der Waals surface area (Å²) in [5, 5.41) is 5.03. The van der Waals surface area contributed by atoms with Crippen LogP contribution in [-0.2, 0) is 6.42 Å². The molecule has 1 aromatic carbocycles. The molecule has 0 amide bonds. The van der Waals surface area contributed by atoms with Crippen molar-refractivity contribution in [1.82, 2.24) is 24.5 Å². The molecule has 1 saturated heterocycles. The zero-order valence-corrected chi connectivity index (χ0v) is 14.9. The molecule has 3 aromatic rings. The number of aromatic nitrogens is 4. The van der Waals surface area contributed by atoms with E-state index in [0.29, 0.717) is 22.8 Å². The Morgan fingerprint density at radius 2 is 2.00 bits per heavy atom. The second-order valence-corrected chi connectivity index (χ2v) is 7.80. The van der Waals surface area contributed by atoms with Gasteiger partial charge in [-0.3, -0.25) is 4.90 Å². The van der Waals surface area contributed by atoms with Gasteiger partial charge in [0.1, 0.15) is 5.52 Å². The maximum Gasteiger partial charge on any atom is 0.586 e. The number of likely N-dealkylation sites (tertiary alicyclic amines) is 1. The second kappa shape index (κ2) is 5.40. The minimum atomic E-state index is -3.71. The highest BCUT2D eigenvalue weighted by Gasteiger charge is 2.45. The van der Waals surface area contributed by atoms with E-state index >= 15 is 0 Å². The molecule has 2 N–H and O–H groups in total. The Morgan fingerprint density at radius 1 is 1.18 bits per heavy atom. The number of nitrogens with two attached hydrogens (primary N) is 1. The summed E-state index contributed by atoms with van der Waals surface area (Å²) >= 11 is 0. The van der Waals surface area contributed by atoms with Gasteiger partial charge in [0.05, 0.1) is 0 Å². The van der Waals surface area contributed by atoms with Crippen LogP contribution in [0.4, 0.5) is 14.7 Å². The van der Waals surface area contributed by atoms with E-state index < -0.39 is 6.29 Å². The molecule has 4 heterocycles. The number of hydrogen-bond donors (Lipinski definition) is 1. The predicted octanol–water partition coefficient (Wildman–Crippen LogP) is 2.21. The van der Waals surface area contributed by atoms with Crippen LogP contribution in [0, 0.1) is 5.92 Å². The Bertz CT molecular complexity index is 1110. The molecule has 0 spiro atoms. The molecule has 1 saturated carbocycles. The number of nitrogens with zero attached hydrogens (tertiary/aromatic N) is 5. The van der Waals surface area contributed by atoms with Gasteiger partial charge in [0, 0.05) is 30.9 Å². The first-order valence-corrected chi connectivity index (χ1v) is 9.44. The normalized spacial score (nSPS) is 21.9. The van der Waals surface area contributed by atoms with Crippen molar-refractivity contribution in [3.8, 4) is 11.5 Å². The largest absolute Gasteiger partial charge is 0.586 e. The van der Waals surface area contributed by atoms with E-state index in [4.69, 9.17) is 5.73 Å². The third-order valence-electron chi connectivity index (χ3n) is 5.93. The summed E-state index contributed by atoms with van der Waals surface area (Å²) in [5.74, 6) is 1.08. The van der Waals surface area contributed by atoms with E-state index in [2.05, 4.69) is 29.4 Å². The highest BCUT2D eigenvalue weighted by molar-refractivity contribution is 5.97. The Balaban J connectivity index is 1.34. The fraction of sp³-hybridized carbons (Fsp3) is 0.500. The van der Waals surface area contributed by atoms with Crippen molar-refractivity contribution in [2.24, 2.45) is 5.92 Å². The van der Waals surface area contributed by atoms with E-state index in [-0.39, 0.29) is 23.0 Å². The zero-order valence-electron chi connectivity index (χ0n) is 14.9. The van der Waals surface area contributed by atoms with E-state index in [0.717, 1.165) is 25.6 Å². The van der Waals surface area contributed by atoms with Gasteiger partial charge in [0.15, 0.2) is 23.0 Å². The van der Waals surface area contributed by atoms with Crippen molar-refractivity contribution in [1.29, 1.82) is 0 Å². The van der Waals surface area contributed by atoms with Gasteiger partial charge in [-0.15, -0.1) is 13.9 Å². The number of fused-ring (bicyclic) bond motifs is 5. The Morgan fingerprint density at radius 3 is 2.75 bits per heavy atom. The molecule has 2 aliphatic heterocycles. The van der Waals surface area contributed by atoms with Gasteiger partial charge in [-0.2, -0.15) is 4.52 Å². The molecule has 0 bridgehead atoms. The van der Waals surface area contributed by atoms with Crippen molar-refractivity contribution in [3.63, 3.8) is 0 Å². The second-order valence-electron chi connectivity index (χ2n) is 7.80. The molecular weight excluding hydrogens is 370 g/mol. The highest BCUT2D eigenvalue weighted by atomic mass is 19.3. The number of ether oxygens (including phenoxy) is 2. The Hall–Kier alpha value is -2.75. The summed E-state index contributed by atoms with van der Waals surface area (Å²) in [6, 6.07) is 3.81. The summed E-state index contributed by atoms with van der Waals surface area (Å²) in [6.45, 7) is 2.14. The van der Waals surface area contributed by atoms with Crippen molar-refractivity contribution in [2.75, 3.05) is 18.8 Å². The standard InChI is InChI=1S/C18H18F2N6O2/c19-18(20)27-12-5-4-11-14(15(12)28-18)23-17(21)26-16(11)22-13(24-26)6-9-7-25(8-9)10-2-1-3-10/h4-5,9-10H,1-3,6-8H2,(H2,21,23). The van der Waals surface area contributed by atoms with Gasteiger partial charge in [0.25, 0.3) is 0 Å². The number of benzene rings is 1. The van der Waals surface area contributed by atoms with Crippen molar-refractivity contribution in [2.45, 2.75) is 38.0 Å². The summed E-state index contributed by atoms with van der Waals surface area (Å²) in [6.07, 6.45) is 0.998. The van der Waals surface area contributed by atoms with E-state index in [1.165, 1.54) is 29.8 Å². The van der Waals surface area contributed by atoms with Crippen LogP contribution in [0.3, 0.4) is 0 Å². The van der Waals surface area contributed by atoms with Crippen LogP contribution in [0.25, 0.3) is 16.6 Å². The fourth-order valence-electron chi connectivity index (χ4n) is 4.28. The van der Waals surface area contributed by atoms with Gasteiger partial charge in [-0.05, 0) is 30.9 Å². The third kappa shape index (κ3) is 2.33. The number of hydrogen-bond acceptors (Lipinski definition) is 7. The molecule has 146 valence electrons. The molecule has 0 radical (unpaired) electrons. The first kappa shape index (κ1) is 16.2. The quantitative estimate of drug-likeness (QED) is 0.736. The average Bonchev–Trinajstić information content (AvgIpc) is 3.11. The van der Waals surface area contributed by atoms with E-state index in [1.807, 2.05) is 0 Å². The number of anilines is 1. The van der Waals surface area contributed by atoms with Crippen LogP contribution in [0.15, 0.2) is 12.1 Å². The predicted molar refractivity (Wildman–Crippen MR) is 95.3 cm³/mol. The van der Waals surface area contributed by atoms with Gasteiger partial charge in [0.2, 0.25) is 5.95 Å². The van der Waals surface area contributed by atoms with Crippen LogP contribution >= 0.6 is 0 Å². The minimum absolute atomic E-state index is 0.0678. The maximum atomic E-state index is 13.4. The molecule has 3 aliphatic rings. The molecular formula is C18H18F2N6O2. The monoisotopic (exact) mass is 388 g/mol. The summed E-state index contributed by atoms with van der Waals surface area (Å²) < 4.78 is 37.5. The first-order chi connectivity index (χ1) is 13.5. The lowest BCUT2D eigenvalue weighted by Gasteiger charge is -2.47. The third-order valence-corrected chi connectivity index (χ3v) is 5.93. The lowest BCUT2D eigenvalue weighted by Crippen LogP contribution is -2.54. The number of nitrogen functional groups attached to an aromatic ring is 1. The lowest BCUT2D eigenvalue weighted by molar-refractivity contribution is -0.286. The van der Waals surface area contributed by atoms with Gasteiger partial charge < -0.3 is 15.2 Å². The summed E-state index contributed by atoms with van der Waals surface area (Å²) in [4.78, 5) is 11.4. The maximum absolute atomic E-state index is 13.4. The molecule has 1 aliphatic carbocycles. The molecule has 2 fully saturated rings. The molecule has 6 rings (SSSR count). The summed E-state index contributed by atoms with van der Waals surface area (Å²) in [7, 11) is 0. The zero-order chi connectivity index (χ0) is 19.0. The highest BCUT2D eigenvalue weighted by Crippen LogP contribution is 2.45. The van der Waals surface area contributed by atoms with Gasteiger partial charge in [-0.1, -0.05) is 6.42 Å². The van der Waals surface area contributed by atoms with E-state index in [9.17, 15) is 8.78 Å². The average molecular weight is 388 g/mol. The lowest BCUT2D eigenvalue weighted by atomic mass is 9.85. The van der Waals surface area contributed by atoms with Crippen molar-refractivity contribution in [3.05, 3.63) is 18.0 Å². The number of rotatable bonds is 3. The molecule has 0 unspecified atom stereocenters. The van der Waals surface area contributed by atoms with Crippen molar-refractivity contribution >= 4 is 22.5 Å². The summed E-state index contributed by atoms with van der Waals surface area (Å²) in [5.41, 5.74) is 6.69. The van der Waals surface area contributed by atoms with Gasteiger partial charge >= 0.3 is 6.29 Å². The first-order valence-electron chi connectivity index (χ1n) is 9.44. The SMILES string of the molecule is Nc1nc2c3c(ccc2c2nc(CC4CN(C5CCC5)C4)nn12)OC(F)(F)O3. The number of alkyl halides is 2. The molecule has 10 heteroatoms. The van der Waals surface area contributed by atoms with Crippen LogP contribution in [0.5, 0.6) is 11.5 Å². The van der Waals surface area contributed by atoms with Gasteiger partial charge in [-0.25, -0.2) is 9.97 Å². The smallest absolute Gasteiger partial charge is 0.395 e. The fourth-order valence-corrected chi connectivity index (χ4v) is 4.28. The van der Waals surface area contributed by atoms with Crippen LogP contribution in [0.1, 0.15) is 25.1 Å². The van der Waals surface area contributed by atoms with E-state index in [1.54, 1.807) is 6.07 Å². The van der Waals surface area contributed by atoms with Crippen LogP contribution in [-0.4, -0.2) is 49.9 Å². The molecule has 8 nitrogen and oxygen atoms in total. The minimum Gasteiger partial charge on any atom is -0.395 e. The molecule has 28 heavy (non-hydrogen) atoms. The van der Waals surface area contributed by atoms with Crippen LogP contribution < -0.4 is 15.2 Å². The number of halogens is 2.